The van der Waals surface area contributed by atoms with Crippen molar-refractivity contribution >= 4 is 0 Å². The summed E-state index contributed by atoms with van der Waals surface area (Å²) in [4.78, 5) is 0. The van der Waals surface area contributed by atoms with Crippen molar-refractivity contribution in [2.24, 2.45) is 11.3 Å². The maximum Gasteiger partial charge on any atom is 0.119 e. The quantitative estimate of drug-likeness (QED) is 0.542. The van der Waals surface area contributed by atoms with Gasteiger partial charge in [0.1, 0.15) is 5.83 Å². The zero-order chi connectivity index (χ0) is 8.48. The number of halogens is 1. The molecule has 0 bridgehead atoms. The van der Waals surface area contributed by atoms with Crippen LogP contribution in [0.15, 0.2) is 24.1 Å². The molecule has 0 aromatic carbocycles. The van der Waals surface area contributed by atoms with Crippen molar-refractivity contribution in [1.29, 1.82) is 0 Å². The zero-order valence-corrected chi connectivity index (χ0v) is 7.39. The third-order valence-corrected chi connectivity index (χ3v) is 2.62. The van der Waals surface area contributed by atoms with Gasteiger partial charge in [0.15, 0.2) is 0 Å². The molecule has 0 aromatic heterocycles. The summed E-state index contributed by atoms with van der Waals surface area (Å²) in [6, 6.07) is 0. The molecule has 0 saturated heterocycles. The Morgan fingerprint density at radius 1 is 1.55 bits per heavy atom. The second kappa shape index (κ2) is 2.80. The predicted molar refractivity (Wildman–Crippen MR) is 45.9 cm³/mol. The van der Waals surface area contributed by atoms with E-state index < -0.39 is 0 Å². The molecular formula is C10H15F. The first-order valence-electron chi connectivity index (χ1n) is 4.09. The molecule has 0 fully saturated rings. The van der Waals surface area contributed by atoms with Crippen LogP contribution in [-0.4, -0.2) is 0 Å². The van der Waals surface area contributed by atoms with Crippen molar-refractivity contribution in [2.75, 3.05) is 0 Å². The molecule has 0 heterocycles. The predicted octanol–water partition coefficient (Wildman–Crippen LogP) is 3.46. The summed E-state index contributed by atoms with van der Waals surface area (Å²) >= 11 is 0. The fourth-order valence-electron chi connectivity index (χ4n) is 1.25. The third kappa shape index (κ3) is 1.70. The van der Waals surface area contributed by atoms with Crippen LogP contribution in [0.4, 0.5) is 4.39 Å². The Kier molecular flexibility index (Phi) is 2.17. The lowest BCUT2D eigenvalue weighted by Gasteiger charge is -2.31. The summed E-state index contributed by atoms with van der Waals surface area (Å²) in [5, 5.41) is 0. The van der Waals surface area contributed by atoms with Crippen molar-refractivity contribution in [1.82, 2.24) is 0 Å². The van der Waals surface area contributed by atoms with Crippen LogP contribution in [0.5, 0.6) is 0 Å². The van der Waals surface area contributed by atoms with Gasteiger partial charge >= 0.3 is 0 Å². The first kappa shape index (κ1) is 8.51. The summed E-state index contributed by atoms with van der Waals surface area (Å²) in [6.07, 6.45) is 6.15. The fourth-order valence-corrected chi connectivity index (χ4v) is 1.25. The van der Waals surface area contributed by atoms with Gasteiger partial charge in [0, 0.05) is 0 Å². The maximum absolute atomic E-state index is 12.8. The van der Waals surface area contributed by atoms with Gasteiger partial charge in [-0.2, -0.15) is 0 Å². The van der Waals surface area contributed by atoms with E-state index >= 15 is 0 Å². The maximum atomic E-state index is 12.8. The van der Waals surface area contributed by atoms with E-state index in [9.17, 15) is 4.39 Å². The largest absolute Gasteiger partial charge is 0.207 e. The highest BCUT2D eigenvalue weighted by Crippen LogP contribution is 2.37. The second-order valence-corrected chi connectivity index (χ2v) is 3.80. The smallest absolute Gasteiger partial charge is 0.119 e. The minimum atomic E-state index is -0.0903. The lowest BCUT2D eigenvalue weighted by Crippen LogP contribution is -2.21. The van der Waals surface area contributed by atoms with E-state index in [0.29, 0.717) is 5.92 Å². The van der Waals surface area contributed by atoms with Crippen molar-refractivity contribution in [3.8, 4) is 0 Å². The molecule has 1 rings (SSSR count). The van der Waals surface area contributed by atoms with Gasteiger partial charge in [0.25, 0.3) is 0 Å². The Morgan fingerprint density at radius 2 is 2.18 bits per heavy atom. The zero-order valence-electron chi connectivity index (χ0n) is 7.39. The Bertz CT molecular complexity index is 201. The van der Waals surface area contributed by atoms with E-state index in [1.807, 2.05) is 6.08 Å². The van der Waals surface area contributed by atoms with Crippen LogP contribution in [0.2, 0.25) is 0 Å². The molecular weight excluding hydrogens is 139 g/mol. The Labute approximate surface area is 67.8 Å². The van der Waals surface area contributed by atoms with Crippen LogP contribution in [0.25, 0.3) is 0 Å². The van der Waals surface area contributed by atoms with Gasteiger partial charge in [-0.3, -0.25) is 0 Å². The summed E-state index contributed by atoms with van der Waals surface area (Å²) in [7, 11) is 0. The molecule has 0 radical (unpaired) electrons. The SMILES string of the molecule is CC(C)C1(C)C=C(F)C=CC1. The van der Waals surface area contributed by atoms with Crippen LogP contribution in [0.1, 0.15) is 27.2 Å². The minimum Gasteiger partial charge on any atom is -0.207 e. The van der Waals surface area contributed by atoms with E-state index in [1.54, 1.807) is 12.2 Å². The highest BCUT2D eigenvalue weighted by atomic mass is 19.1. The van der Waals surface area contributed by atoms with E-state index in [0.717, 1.165) is 6.42 Å². The van der Waals surface area contributed by atoms with Crippen LogP contribution < -0.4 is 0 Å². The van der Waals surface area contributed by atoms with Crippen molar-refractivity contribution in [3.05, 3.63) is 24.1 Å². The van der Waals surface area contributed by atoms with Gasteiger partial charge in [-0.05, 0) is 29.9 Å². The summed E-state index contributed by atoms with van der Waals surface area (Å²) in [6.45, 7) is 6.35. The molecule has 0 saturated carbocycles. The first-order chi connectivity index (χ1) is 5.04. The van der Waals surface area contributed by atoms with Crippen molar-refractivity contribution < 1.29 is 4.39 Å². The van der Waals surface area contributed by atoms with Crippen molar-refractivity contribution in [3.63, 3.8) is 0 Å². The number of hydrogen-bond donors (Lipinski definition) is 0. The molecule has 0 spiro atoms. The first-order valence-corrected chi connectivity index (χ1v) is 4.09. The van der Waals surface area contributed by atoms with Gasteiger partial charge < -0.3 is 0 Å². The van der Waals surface area contributed by atoms with E-state index in [4.69, 9.17) is 0 Å². The number of rotatable bonds is 1. The topological polar surface area (TPSA) is 0 Å². The molecule has 1 heteroatoms. The van der Waals surface area contributed by atoms with Crippen LogP contribution >= 0.6 is 0 Å². The Hall–Kier alpha value is -0.590. The monoisotopic (exact) mass is 154 g/mol. The van der Waals surface area contributed by atoms with Gasteiger partial charge in [-0.1, -0.05) is 26.8 Å². The molecule has 0 N–H and O–H groups in total. The summed E-state index contributed by atoms with van der Waals surface area (Å²) in [5.74, 6) is 0.408. The molecule has 0 aliphatic heterocycles. The molecule has 1 atom stereocenters. The standard InChI is InChI=1S/C10H15F/c1-8(2)10(3)6-4-5-9(11)7-10/h4-5,7-8H,6H2,1-3H3. The van der Waals surface area contributed by atoms with Gasteiger partial charge in [0.2, 0.25) is 0 Å². The van der Waals surface area contributed by atoms with Crippen LogP contribution in [0.3, 0.4) is 0 Å². The van der Waals surface area contributed by atoms with Gasteiger partial charge in [-0.15, -0.1) is 0 Å². The van der Waals surface area contributed by atoms with Crippen LogP contribution in [-0.2, 0) is 0 Å². The Morgan fingerprint density at radius 3 is 2.55 bits per heavy atom. The highest BCUT2D eigenvalue weighted by Gasteiger charge is 2.26. The van der Waals surface area contributed by atoms with Crippen molar-refractivity contribution in [2.45, 2.75) is 27.2 Å². The summed E-state index contributed by atoms with van der Waals surface area (Å²) < 4.78 is 12.8. The van der Waals surface area contributed by atoms with E-state index in [-0.39, 0.29) is 11.2 Å². The van der Waals surface area contributed by atoms with Gasteiger partial charge in [-0.25, -0.2) is 4.39 Å². The molecule has 11 heavy (non-hydrogen) atoms. The molecule has 1 aliphatic carbocycles. The average molecular weight is 154 g/mol. The fraction of sp³-hybridized carbons (Fsp3) is 0.600. The molecule has 1 aliphatic rings. The van der Waals surface area contributed by atoms with Crippen LogP contribution in [0, 0.1) is 11.3 Å². The molecule has 0 nitrogen and oxygen atoms in total. The molecule has 62 valence electrons. The number of allylic oxidation sites excluding steroid dienone is 4. The molecule has 0 aromatic rings. The number of hydrogen-bond acceptors (Lipinski definition) is 0. The lowest BCUT2D eigenvalue weighted by molar-refractivity contribution is 0.291. The summed E-state index contributed by atoms with van der Waals surface area (Å²) in [5.41, 5.74) is 0.0266. The lowest BCUT2D eigenvalue weighted by atomic mass is 9.74. The second-order valence-electron chi connectivity index (χ2n) is 3.80. The van der Waals surface area contributed by atoms with E-state index in [2.05, 4.69) is 20.8 Å². The molecule has 0 amide bonds. The average Bonchev–Trinajstić information content (AvgIpc) is 1.86. The van der Waals surface area contributed by atoms with Gasteiger partial charge in [0.05, 0.1) is 0 Å². The minimum absolute atomic E-state index is 0.0266. The third-order valence-electron chi connectivity index (χ3n) is 2.62. The highest BCUT2D eigenvalue weighted by molar-refractivity contribution is 5.21. The van der Waals surface area contributed by atoms with E-state index in [1.165, 1.54) is 0 Å². The normalized spacial score (nSPS) is 30.8. The molecule has 1 unspecified atom stereocenters. The Balaban J connectivity index is 2.83.